The van der Waals surface area contributed by atoms with Crippen molar-refractivity contribution in [3.05, 3.63) is 29.8 Å². The van der Waals surface area contributed by atoms with Gasteiger partial charge >= 0.3 is 0 Å². The average Bonchev–Trinajstić information content (AvgIpc) is 3.04. The van der Waals surface area contributed by atoms with E-state index in [4.69, 9.17) is 14.5 Å². The predicted octanol–water partition coefficient (Wildman–Crippen LogP) is 3.65. The van der Waals surface area contributed by atoms with Crippen LogP contribution in [0, 0.1) is 6.92 Å². The topological polar surface area (TPSA) is 85.6 Å². The summed E-state index contributed by atoms with van der Waals surface area (Å²) < 4.78 is 12.7. The van der Waals surface area contributed by atoms with E-state index in [2.05, 4.69) is 20.8 Å². The highest BCUT2D eigenvalue weighted by Crippen LogP contribution is 2.29. The molecule has 8 nitrogen and oxygen atoms in total. The zero-order chi connectivity index (χ0) is 19.9. The Morgan fingerprint density at radius 3 is 2.48 bits per heavy atom. The number of anilines is 1. The molecule has 160 valence electrons. The number of aliphatic imine (C=N–C) groups is 1. The summed E-state index contributed by atoms with van der Waals surface area (Å²) in [6.45, 7) is 2.38. The normalized spacial score (nSPS) is 14.8. The van der Waals surface area contributed by atoms with Crippen LogP contribution in [-0.4, -0.2) is 41.0 Å². The third kappa shape index (κ3) is 6.22. The van der Waals surface area contributed by atoms with Gasteiger partial charge in [0.2, 0.25) is 0 Å². The van der Waals surface area contributed by atoms with Crippen LogP contribution in [0.5, 0.6) is 11.5 Å². The fraction of sp³-hybridized carbons (Fsp3) is 0.550. The summed E-state index contributed by atoms with van der Waals surface area (Å²) in [5, 5.41) is 15.3. The third-order valence-electron chi connectivity index (χ3n) is 5.15. The van der Waals surface area contributed by atoms with Gasteiger partial charge < -0.3 is 24.7 Å². The maximum absolute atomic E-state index is 5.41. The van der Waals surface area contributed by atoms with Gasteiger partial charge in [0.05, 0.1) is 14.2 Å². The molecule has 1 aromatic carbocycles. The molecule has 1 heterocycles. The van der Waals surface area contributed by atoms with Gasteiger partial charge in [0.1, 0.15) is 12.4 Å². The van der Waals surface area contributed by atoms with Crippen LogP contribution in [0.4, 0.5) is 5.69 Å². The predicted molar refractivity (Wildman–Crippen MR) is 125 cm³/mol. The first-order valence-electron chi connectivity index (χ1n) is 9.75. The Morgan fingerprint density at radius 2 is 1.86 bits per heavy atom. The van der Waals surface area contributed by atoms with E-state index < -0.39 is 0 Å². The second kappa shape index (κ2) is 11.2. The van der Waals surface area contributed by atoms with Gasteiger partial charge in [0.25, 0.3) is 0 Å². The molecule has 0 spiro atoms. The molecule has 0 unspecified atom stereocenters. The van der Waals surface area contributed by atoms with Crippen LogP contribution < -0.4 is 20.1 Å². The van der Waals surface area contributed by atoms with E-state index >= 15 is 0 Å². The lowest BCUT2D eigenvalue weighted by Gasteiger charge is -2.25. The molecule has 2 N–H and O–H groups in total. The van der Waals surface area contributed by atoms with Gasteiger partial charge in [-0.3, -0.25) is 0 Å². The Bertz CT molecular complexity index is 817. The Balaban J connectivity index is 0.00000300. The van der Waals surface area contributed by atoms with Crippen molar-refractivity contribution in [3.63, 3.8) is 0 Å². The van der Waals surface area contributed by atoms with E-state index in [9.17, 15) is 0 Å². The Morgan fingerprint density at radius 1 is 1.14 bits per heavy atom. The Kier molecular flexibility index (Phi) is 8.99. The van der Waals surface area contributed by atoms with Crippen molar-refractivity contribution < 1.29 is 9.47 Å². The van der Waals surface area contributed by atoms with Gasteiger partial charge in [-0.25, -0.2) is 4.99 Å². The first kappa shape index (κ1) is 23.2. The molecule has 1 saturated carbocycles. The van der Waals surface area contributed by atoms with E-state index in [0.717, 1.165) is 36.1 Å². The Labute approximate surface area is 189 Å². The first-order valence-corrected chi connectivity index (χ1v) is 9.75. The van der Waals surface area contributed by atoms with Crippen LogP contribution in [0.25, 0.3) is 0 Å². The number of ether oxygens (including phenoxy) is 2. The van der Waals surface area contributed by atoms with Gasteiger partial charge in [0, 0.05) is 24.8 Å². The molecular weight excluding hydrogens is 483 g/mol. The number of halogens is 1. The van der Waals surface area contributed by atoms with E-state index in [0.29, 0.717) is 24.1 Å². The van der Waals surface area contributed by atoms with Gasteiger partial charge in [-0.1, -0.05) is 19.3 Å². The summed E-state index contributed by atoms with van der Waals surface area (Å²) in [5.74, 6) is 3.81. The monoisotopic (exact) mass is 514 g/mol. The van der Waals surface area contributed by atoms with Crippen molar-refractivity contribution in [1.29, 1.82) is 0 Å². The summed E-state index contributed by atoms with van der Waals surface area (Å²) in [4.78, 5) is 4.75. The maximum atomic E-state index is 5.41. The number of methoxy groups -OCH3 is 2. The molecule has 1 aliphatic rings. The fourth-order valence-electron chi connectivity index (χ4n) is 3.35. The van der Waals surface area contributed by atoms with Crippen LogP contribution in [0.15, 0.2) is 23.2 Å². The lowest BCUT2D eigenvalue weighted by atomic mass is 9.96. The minimum Gasteiger partial charge on any atom is -0.493 e. The second-order valence-electron chi connectivity index (χ2n) is 7.06. The number of nitrogens with zero attached hydrogens (tertiary/aromatic N) is 4. The van der Waals surface area contributed by atoms with Crippen LogP contribution in [0.3, 0.4) is 0 Å². The van der Waals surface area contributed by atoms with E-state index in [1.165, 1.54) is 19.3 Å². The van der Waals surface area contributed by atoms with Crippen LogP contribution in [0.1, 0.15) is 43.8 Å². The molecule has 1 aliphatic carbocycles. The van der Waals surface area contributed by atoms with E-state index in [1.54, 1.807) is 14.2 Å². The van der Waals surface area contributed by atoms with Crippen molar-refractivity contribution in [2.45, 2.75) is 51.6 Å². The Hall–Kier alpha value is -2.04. The van der Waals surface area contributed by atoms with Crippen LogP contribution >= 0.6 is 24.0 Å². The molecule has 0 atom stereocenters. The maximum Gasteiger partial charge on any atom is 0.196 e. The zero-order valence-electron chi connectivity index (χ0n) is 17.6. The number of aryl methyl sites for hydroxylation is 1. The molecule has 0 amide bonds. The summed E-state index contributed by atoms with van der Waals surface area (Å²) in [5.41, 5.74) is 0.883. The number of guanidine groups is 1. The largest absolute Gasteiger partial charge is 0.493 e. The molecule has 0 aliphatic heterocycles. The molecule has 0 saturated heterocycles. The van der Waals surface area contributed by atoms with Crippen molar-refractivity contribution in [3.8, 4) is 11.5 Å². The number of aromatic nitrogens is 3. The highest BCUT2D eigenvalue weighted by atomic mass is 127. The minimum absolute atomic E-state index is 0. The smallest absolute Gasteiger partial charge is 0.196 e. The molecule has 29 heavy (non-hydrogen) atoms. The molecule has 9 heteroatoms. The molecule has 1 fully saturated rings. The zero-order valence-corrected chi connectivity index (χ0v) is 19.9. The van der Waals surface area contributed by atoms with Crippen molar-refractivity contribution in [2.75, 3.05) is 19.5 Å². The van der Waals surface area contributed by atoms with Crippen LogP contribution in [-0.2, 0) is 13.6 Å². The SMILES string of the molecule is COc1ccc(NC(=NCc2nnc(C)n2C)NC2CCCCC2)cc1OC.I. The van der Waals surface area contributed by atoms with Crippen molar-refractivity contribution >= 4 is 35.6 Å². The van der Waals surface area contributed by atoms with Crippen molar-refractivity contribution in [2.24, 2.45) is 12.0 Å². The lowest BCUT2D eigenvalue weighted by Crippen LogP contribution is -2.40. The molecule has 2 aromatic rings. The summed E-state index contributed by atoms with van der Waals surface area (Å²) in [6, 6.07) is 6.17. The highest BCUT2D eigenvalue weighted by Gasteiger charge is 2.16. The fourth-order valence-corrected chi connectivity index (χ4v) is 3.35. The molecule has 1 aromatic heterocycles. The first-order chi connectivity index (χ1) is 13.6. The molecule has 0 bridgehead atoms. The molecule has 3 rings (SSSR count). The van der Waals surface area contributed by atoms with E-state index in [1.807, 2.05) is 36.7 Å². The summed E-state index contributed by atoms with van der Waals surface area (Å²) >= 11 is 0. The van der Waals surface area contributed by atoms with E-state index in [-0.39, 0.29) is 24.0 Å². The van der Waals surface area contributed by atoms with Gasteiger partial charge in [-0.05, 0) is 31.9 Å². The second-order valence-corrected chi connectivity index (χ2v) is 7.06. The third-order valence-corrected chi connectivity index (χ3v) is 5.15. The van der Waals surface area contributed by atoms with Gasteiger partial charge in [-0.15, -0.1) is 34.2 Å². The van der Waals surface area contributed by atoms with Crippen molar-refractivity contribution in [1.82, 2.24) is 20.1 Å². The standard InChI is InChI=1S/C20H30N6O2.HI/c1-14-24-25-19(26(14)2)13-21-20(22-15-8-6-5-7-9-15)23-16-10-11-17(27-3)18(12-16)28-4;/h10-12,15H,5-9,13H2,1-4H3,(H2,21,22,23);1H. The number of hydrogen-bond donors (Lipinski definition) is 2. The molecule has 0 radical (unpaired) electrons. The number of rotatable bonds is 6. The van der Waals surface area contributed by atoms with Gasteiger partial charge in [-0.2, -0.15) is 0 Å². The number of hydrogen-bond acceptors (Lipinski definition) is 5. The van der Waals surface area contributed by atoms with Crippen LogP contribution in [0.2, 0.25) is 0 Å². The lowest BCUT2D eigenvalue weighted by molar-refractivity contribution is 0.355. The highest BCUT2D eigenvalue weighted by molar-refractivity contribution is 14.0. The minimum atomic E-state index is 0. The number of benzene rings is 1. The summed E-state index contributed by atoms with van der Waals surface area (Å²) in [6.07, 6.45) is 6.14. The quantitative estimate of drug-likeness (QED) is 0.348. The molecular formula is C20H31IN6O2. The number of nitrogens with one attached hydrogen (secondary N) is 2. The van der Waals surface area contributed by atoms with Gasteiger partial charge in [0.15, 0.2) is 23.3 Å². The average molecular weight is 514 g/mol. The summed E-state index contributed by atoms with van der Waals surface area (Å²) in [7, 11) is 5.22.